The number of Topliss-reactive ketones (excluding diaryl/α,β-unsaturated/α-hetero) is 1. The molecular weight excluding hydrogens is 560 g/mol. The van der Waals surface area contributed by atoms with Gasteiger partial charge in [-0.25, -0.2) is 0 Å². The van der Waals surface area contributed by atoms with Crippen LogP contribution in [0.15, 0.2) is 114 Å². The highest BCUT2D eigenvalue weighted by atomic mass is 32.2. The Morgan fingerprint density at radius 3 is 2.09 bits per heavy atom. The number of ketones is 1. The second-order valence-electron chi connectivity index (χ2n) is 9.82. The molecule has 0 unspecified atom stereocenters. The quantitative estimate of drug-likeness (QED) is 0.110. The number of benzene rings is 4. The highest BCUT2D eigenvalue weighted by Crippen LogP contribution is 2.23. The molecule has 0 fully saturated rings. The number of rotatable bonds is 11. The average molecular weight is 593 g/mol. The number of carbonyl (C=O) groups excluding carboxylic acids is 4. The number of hydrogen-bond acceptors (Lipinski definition) is 6. The molecule has 4 rings (SSSR count). The van der Waals surface area contributed by atoms with Crippen LogP contribution >= 0.6 is 11.8 Å². The van der Waals surface area contributed by atoms with Crippen molar-refractivity contribution in [3.8, 4) is 0 Å². The predicted octanol–water partition coefficient (Wildman–Crippen LogP) is 6.10. The molecule has 0 saturated heterocycles. The lowest BCUT2D eigenvalue weighted by Crippen LogP contribution is -2.30. The first kappa shape index (κ1) is 30.8. The zero-order valence-corrected chi connectivity index (χ0v) is 24.9. The lowest BCUT2D eigenvalue weighted by molar-refractivity contribution is -0.114. The highest BCUT2D eigenvalue weighted by molar-refractivity contribution is 8.00. The maximum Gasteiger partial charge on any atom is 0.272 e. The van der Waals surface area contributed by atoms with Gasteiger partial charge in [0.15, 0.2) is 5.78 Å². The standard InChI is InChI=1S/C34H32N4O4S/c1-23(39)25-14-16-27(17-15-25)35-32(40)22-43-30-11-7-10-28(21-30)36-34(42)31(37-33(41)26-8-5-4-6-9-26)20-24-12-18-29(19-13-24)38(2)3/h4-21H,22H2,1-3H3,(H,35,40)(H,36,42)(H,37,41)/b31-20+. The molecule has 0 saturated carbocycles. The Morgan fingerprint density at radius 2 is 1.44 bits per heavy atom. The van der Waals surface area contributed by atoms with Gasteiger partial charge < -0.3 is 20.9 Å². The first-order chi connectivity index (χ1) is 20.7. The van der Waals surface area contributed by atoms with Gasteiger partial charge in [-0.2, -0.15) is 0 Å². The number of amides is 3. The molecule has 4 aromatic rings. The number of hydrogen-bond donors (Lipinski definition) is 3. The predicted molar refractivity (Wildman–Crippen MR) is 174 cm³/mol. The van der Waals surface area contributed by atoms with Crippen molar-refractivity contribution in [2.75, 3.05) is 35.4 Å². The smallest absolute Gasteiger partial charge is 0.272 e. The van der Waals surface area contributed by atoms with E-state index in [1.54, 1.807) is 72.8 Å². The molecule has 0 bridgehead atoms. The number of anilines is 3. The van der Waals surface area contributed by atoms with Crippen LogP contribution in [-0.2, 0) is 9.59 Å². The van der Waals surface area contributed by atoms with Gasteiger partial charge in [0, 0.05) is 47.2 Å². The normalized spacial score (nSPS) is 10.9. The molecule has 0 radical (unpaired) electrons. The van der Waals surface area contributed by atoms with Gasteiger partial charge in [0.05, 0.1) is 5.75 Å². The van der Waals surface area contributed by atoms with E-state index in [1.807, 2.05) is 55.4 Å². The number of nitrogens with zero attached hydrogens (tertiary/aromatic N) is 1. The van der Waals surface area contributed by atoms with Crippen molar-refractivity contribution < 1.29 is 19.2 Å². The van der Waals surface area contributed by atoms with Crippen LogP contribution in [0.5, 0.6) is 0 Å². The Bertz CT molecular complexity index is 1630. The minimum Gasteiger partial charge on any atom is -0.378 e. The Hall–Kier alpha value is -5.15. The summed E-state index contributed by atoms with van der Waals surface area (Å²) in [5, 5.41) is 8.42. The SMILES string of the molecule is CC(=O)c1ccc(NC(=O)CSc2cccc(NC(=O)/C(=C\c3ccc(N(C)C)cc3)NC(=O)c3ccccc3)c2)cc1. The lowest BCUT2D eigenvalue weighted by Gasteiger charge is -2.14. The second-order valence-corrected chi connectivity index (χ2v) is 10.9. The minimum absolute atomic E-state index is 0.0414. The van der Waals surface area contributed by atoms with Crippen LogP contribution in [0, 0.1) is 0 Å². The zero-order valence-electron chi connectivity index (χ0n) is 24.1. The third-order valence-corrected chi connectivity index (χ3v) is 7.28. The summed E-state index contributed by atoms with van der Waals surface area (Å²) in [6, 6.07) is 30.1. The molecule has 43 heavy (non-hydrogen) atoms. The molecule has 0 spiro atoms. The number of carbonyl (C=O) groups is 4. The van der Waals surface area contributed by atoms with E-state index in [0.29, 0.717) is 22.5 Å². The van der Waals surface area contributed by atoms with Crippen molar-refractivity contribution in [2.24, 2.45) is 0 Å². The maximum absolute atomic E-state index is 13.4. The van der Waals surface area contributed by atoms with Crippen molar-refractivity contribution in [1.82, 2.24) is 5.32 Å². The Balaban J connectivity index is 1.44. The van der Waals surface area contributed by atoms with Gasteiger partial charge >= 0.3 is 0 Å². The van der Waals surface area contributed by atoms with E-state index >= 15 is 0 Å². The van der Waals surface area contributed by atoms with Crippen LogP contribution in [0.2, 0.25) is 0 Å². The lowest BCUT2D eigenvalue weighted by atomic mass is 10.1. The fraction of sp³-hybridized carbons (Fsp3) is 0.118. The first-order valence-electron chi connectivity index (χ1n) is 13.5. The summed E-state index contributed by atoms with van der Waals surface area (Å²) in [6.45, 7) is 1.49. The summed E-state index contributed by atoms with van der Waals surface area (Å²) in [4.78, 5) is 53.0. The van der Waals surface area contributed by atoms with Crippen LogP contribution in [0.25, 0.3) is 6.08 Å². The maximum atomic E-state index is 13.4. The van der Waals surface area contributed by atoms with Crippen molar-refractivity contribution in [1.29, 1.82) is 0 Å². The van der Waals surface area contributed by atoms with Crippen LogP contribution in [0.3, 0.4) is 0 Å². The van der Waals surface area contributed by atoms with E-state index in [0.717, 1.165) is 16.1 Å². The Morgan fingerprint density at radius 1 is 0.744 bits per heavy atom. The van der Waals surface area contributed by atoms with Crippen LogP contribution in [0.4, 0.5) is 17.1 Å². The summed E-state index contributed by atoms with van der Waals surface area (Å²) < 4.78 is 0. The monoisotopic (exact) mass is 592 g/mol. The fourth-order valence-electron chi connectivity index (χ4n) is 3.97. The van der Waals surface area contributed by atoms with Crippen molar-refractivity contribution >= 4 is 58.4 Å². The topological polar surface area (TPSA) is 108 Å². The molecule has 0 atom stereocenters. The van der Waals surface area contributed by atoms with Crippen molar-refractivity contribution in [2.45, 2.75) is 11.8 Å². The summed E-state index contributed by atoms with van der Waals surface area (Å²) in [5.41, 5.74) is 3.95. The van der Waals surface area contributed by atoms with Crippen LogP contribution in [-0.4, -0.2) is 43.4 Å². The van der Waals surface area contributed by atoms with Crippen molar-refractivity contribution in [3.05, 3.63) is 126 Å². The summed E-state index contributed by atoms with van der Waals surface area (Å²) >= 11 is 1.31. The van der Waals surface area contributed by atoms with Crippen LogP contribution in [0.1, 0.15) is 33.2 Å². The summed E-state index contributed by atoms with van der Waals surface area (Å²) in [7, 11) is 3.88. The molecule has 4 aromatic carbocycles. The van der Waals surface area contributed by atoms with E-state index in [-0.39, 0.29) is 23.1 Å². The molecule has 218 valence electrons. The molecule has 0 heterocycles. The molecule has 3 N–H and O–H groups in total. The van der Waals surface area contributed by atoms with Crippen molar-refractivity contribution in [3.63, 3.8) is 0 Å². The number of nitrogens with one attached hydrogen (secondary N) is 3. The first-order valence-corrected chi connectivity index (χ1v) is 14.5. The summed E-state index contributed by atoms with van der Waals surface area (Å²) in [6.07, 6.45) is 1.63. The molecule has 0 aliphatic carbocycles. The highest BCUT2D eigenvalue weighted by Gasteiger charge is 2.16. The van der Waals surface area contributed by atoms with Gasteiger partial charge in [-0.3, -0.25) is 19.2 Å². The van der Waals surface area contributed by atoms with Crippen LogP contribution < -0.4 is 20.9 Å². The summed E-state index contributed by atoms with van der Waals surface area (Å²) in [5.74, 6) is -0.995. The van der Waals surface area contributed by atoms with Gasteiger partial charge in [0.2, 0.25) is 5.91 Å². The minimum atomic E-state index is -0.491. The van der Waals surface area contributed by atoms with E-state index in [2.05, 4.69) is 16.0 Å². The number of thioether (sulfide) groups is 1. The van der Waals surface area contributed by atoms with Gasteiger partial charge in [-0.15, -0.1) is 11.8 Å². The van der Waals surface area contributed by atoms with E-state index in [9.17, 15) is 19.2 Å². The zero-order chi connectivity index (χ0) is 30.8. The fourth-order valence-corrected chi connectivity index (χ4v) is 4.73. The molecule has 3 amide bonds. The van der Waals surface area contributed by atoms with Gasteiger partial charge in [0.25, 0.3) is 11.8 Å². The molecule has 0 aliphatic heterocycles. The molecule has 0 aliphatic rings. The second kappa shape index (κ2) is 14.7. The molecule has 8 nitrogen and oxygen atoms in total. The van der Waals surface area contributed by atoms with Gasteiger partial charge in [-0.1, -0.05) is 36.4 Å². The van der Waals surface area contributed by atoms with E-state index in [1.165, 1.54) is 18.7 Å². The average Bonchev–Trinajstić information content (AvgIpc) is 3.01. The van der Waals surface area contributed by atoms with E-state index in [4.69, 9.17) is 0 Å². The van der Waals surface area contributed by atoms with Gasteiger partial charge in [-0.05, 0) is 85.3 Å². The largest absolute Gasteiger partial charge is 0.378 e. The molecule has 9 heteroatoms. The Labute approximate surface area is 255 Å². The third-order valence-electron chi connectivity index (χ3n) is 6.29. The Kier molecular flexibility index (Phi) is 10.5. The third kappa shape index (κ3) is 9.17. The van der Waals surface area contributed by atoms with E-state index < -0.39 is 11.8 Å². The molecule has 0 aromatic heterocycles. The van der Waals surface area contributed by atoms with Gasteiger partial charge in [0.1, 0.15) is 5.70 Å². The molecular formula is C34H32N4O4S.